The number of para-hydroxylation sites is 1. The molecular formula is C13H21N3O2S2. The molecule has 1 aromatic carbocycles. The van der Waals surface area contributed by atoms with Crippen LogP contribution < -0.4 is 11.1 Å². The monoisotopic (exact) mass is 315 g/mol. The molecule has 0 heterocycles. The first kappa shape index (κ1) is 15.5. The average molecular weight is 315 g/mol. The number of nitrogens with zero attached hydrogens (tertiary/aromatic N) is 1. The number of rotatable bonds is 6. The van der Waals surface area contributed by atoms with Crippen molar-refractivity contribution >= 4 is 33.2 Å². The van der Waals surface area contributed by atoms with Gasteiger partial charge in [-0.1, -0.05) is 6.07 Å². The summed E-state index contributed by atoms with van der Waals surface area (Å²) < 4.78 is 25.8. The molecule has 0 spiro atoms. The molecule has 0 unspecified atom stereocenters. The fourth-order valence-electron chi connectivity index (χ4n) is 1.97. The predicted molar refractivity (Wildman–Crippen MR) is 85.7 cm³/mol. The molecule has 7 heteroatoms. The lowest BCUT2D eigenvalue weighted by molar-refractivity contribution is 0.521. The number of nitrogens with two attached hydrogens (primary N) is 1. The summed E-state index contributed by atoms with van der Waals surface area (Å²) in [5.41, 5.74) is 7.00. The number of thioether (sulfide) groups is 1. The van der Waals surface area contributed by atoms with Gasteiger partial charge < -0.3 is 11.1 Å². The second-order valence-corrected chi connectivity index (χ2v) is 8.64. The van der Waals surface area contributed by atoms with Crippen molar-refractivity contribution in [1.29, 1.82) is 0 Å². The average Bonchev–Trinajstić information content (AvgIpc) is 3.18. The van der Waals surface area contributed by atoms with E-state index < -0.39 is 10.0 Å². The van der Waals surface area contributed by atoms with Gasteiger partial charge in [-0.05, 0) is 31.2 Å². The summed E-state index contributed by atoms with van der Waals surface area (Å²) >= 11 is 1.85. The van der Waals surface area contributed by atoms with Gasteiger partial charge >= 0.3 is 0 Å². The van der Waals surface area contributed by atoms with Crippen LogP contribution in [0.5, 0.6) is 0 Å². The first-order chi connectivity index (χ1) is 9.32. The minimum Gasteiger partial charge on any atom is -0.396 e. The molecule has 0 saturated heterocycles. The summed E-state index contributed by atoms with van der Waals surface area (Å²) in [5.74, 6) is 0. The van der Waals surface area contributed by atoms with Crippen LogP contribution in [0.15, 0.2) is 23.1 Å². The number of nitrogens with one attached hydrogen (secondary N) is 1. The Morgan fingerprint density at radius 1 is 1.40 bits per heavy atom. The highest BCUT2D eigenvalue weighted by Crippen LogP contribution is 2.47. The van der Waals surface area contributed by atoms with Crippen LogP contribution >= 0.6 is 11.8 Å². The van der Waals surface area contributed by atoms with E-state index >= 15 is 0 Å². The second-order valence-electron chi connectivity index (χ2n) is 5.25. The van der Waals surface area contributed by atoms with E-state index in [0.717, 1.165) is 6.54 Å². The van der Waals surface area contributed by atoms with Crippen molar-refractivity contribution in [1.82, 2.24) is 4.31 Å². The number of sulfonamides is 1. The molecule has 1 aliphatic carbocycles. The summed E-state index contributed by atoms with van der Waals surface area (Å²) in [6, 6.07) is 5.07. The van der Waals surface area contributed by atoms with Gasteiger partial charge in [-0.2, -0.15) is 11.8 Å². The van der Waals surface area contributed by atoms with Gasteiger partial charge in [0.15, 0.2) is 0 Å². The molecule has 0 bridgehead atoms. The Kier molecular flexibility index (Phi) is 4.22. The molecule has 0 radical (unpaired) electrons. The maximum atomic E-state index is 12.2. The first-order valence-electron chi connectivity index (χ1n) is 6.42. The van der Waals surface area contributed by atoms with Crippen LogP contribution in [0.25, 0.3) is 0 Å². The van der Waals surface area contributed by atoms with Gasteiger partial charge in [-0.3, -0.25) is 0 Å². The molecule has 5 nitrogen and oxygen atoms in total. The molecule has 0 atom stereocenters. The van der Waals surface area contributed by atoms with Gasteiger partial charge in [0, 0.05) is 25.4 Å². The summed E-state index contributed by atoms with van der Waals surface area (Å²) in [7, 11) is -0.507. The highest BCUT2D eigenvalue weighted by molar-refractivity contribution is 8.00. The highest BCUT2D eigenvalue weighted by atomic mass is 32.2. The first-order valence-corrected chi connectivity index (χ1v) is 9.09. The standard InChI is InChI=1S/C13H21N3O2S2/c1-16(2)20(17,18)11-6-4-5-10(12(11)14)15-9-13(19-3)7-8-13/h4-6,15H,7-9,14H2,1-3H3. The normalized spacial score (nSPS) is 17.2. The van der Waals surface area contributed by atoms with Crippen LogP contribution in [0.3, 0.4) is 0 Å². The fourth-order valence-corrected chi connectivity index (χ4v) is 3.73. The molecule has 2 rings (SSSR count). The van der Waals surface area contributed by atoms with Gasteiger partial charge in [0.25, 0.3) is 0 Å². The second kappa shape index (κ2) is 5.46. The summed E-state index contributed by atoms with van der Waals surface area (Å²) in [6.45, 7) is 0.809. The van der Waals surface area contributed by atoms with E-state index in [2.05, 4.69) is 11.6 Å². The molecule has 1 fully saturated rings. The van der Waals surface area contributed by atoms with Gasteiger partial charge in [0.1, 0.15) is 4.90 Å². The van der Waals surface area contributed by atoms with Crippen molar-refractivity contribution in [3.05, 3.63) is 18.2 Å². The molecule has 1 aliphatic rings. The molecule has 0 amide bonds. The molecule has 112 valence electrons. The van der Waals surface area contributed by atoms with E-state index in [1.807, 2.05) is 17.8 Å². The van der Waals surface area contributed by atoms with Crippen molar-refractivity contribution in [3.63, 3.8) is 0 Å². The van der Waals surface area contributed by atoms with Crippen LogP contribution in [0.4, 0.5) is 11.4 Å². The molecule has 0 aliphatic heterocycles. The molecule has 3 N–H and O–H groups in total. The van der Waals surface area contributed by atoms with Crippen molar-refractivity contribution in [2.75, 3.05) is 37.9 Å². The third-order valence-electron chi connectivity index (χ3n) is 3.67. The maximum absolute atomic E-state index is 12.2. The van der Waals surface area contributed by atoms with E-state index in [9.17, 15) is 8.42 Å². The Hall–Kier alpha value is -0.920. The smallest absolute Gasteiger partial charge is 0.244 e. The van der Waals surface area contributed by atoms with E-state index in [4.69, 9.17) is 5.73 Å². The summed E-state index contributed by atoms with van der Waals surface area (Å²) in [6.07, 6.45) is 4.48. The zero-order valence-electron chi connectivity index (χ0n) is 12.0. The summed E-state index contributed by atoms with van der Waals surface area (Å²) in [5, 5.41) is 3.29. The van der Waals surface area contributed by atoms with Crippen molar-refractivity contribution in [2.45, 2.75) is 22.5 Å². The van der Waals surface area contributed by atoms with Crippen LogP contribution in [-0.2, 0) is 10.0 Å². The Morgan fingerprint density at radius 2 is 2.05 bits per heavy atom. The number of benzene rings is 1. The third kappa shape index (κ3) is 2.89. The lowest BCUT2D eigenvalue weighted by Gasteiger charge is -2.18. The quantitative estimate of drug-likeness (QED) is 0.783. The SMILES string of the molecule is CSC1(CNc2cccc(S(=O)(=O)N(C)C)c2N)CC1. The lowest BCUT2D eigenvalue weighted by Crippen LogP contribution is -2.24. The minimum absolute atomic E-state index is 0.154. The van der Waals surface area contributed by atoms with Crippen LogP contribution in [0.1, 0.15) is 12.8 Å². The van der Waals surface area contributed by atoms with Crippen molar-refractivity contribution < 1.29 is 8.42 Å². The minimum atomic E-state index is -3.51. The third-order valence-corrected chi connectivity index (χ3v) is 6.96. The molecule has 1 saturated carbocycles. The largest absolute Gasteiger partial charge is 0.396 e. The van der Waals surface area contributed by atoms with E-state index in [1.165, 1.54) is 37.3 Å². The number of anilines is 2. The fraction of sp³-hybridized carbons (Fsp3) is 0.538. The van der Waals surface area contributed by atoms with Crippen LogP contribution in [0, 0.1) is 0 Å². The Labute approximate surface area is 125 Å². The topological polar surface area (TPSA) is 75.4 Å². The van der Waals surface area contributed by atoms with E-state index in [0.29, 0.717) is 10.4 Å². The zero-order chi connectivity index (χ0) is 15.0. The molecule has 1 aromatic rings. The van der Waals surface area contributed by atoms with Crippen molar-refractivity contribution in [2.24, 2.45) is 0 Å². The predicted octanol–water partition coefficient (Wildman–Crippen LogP) is 1.83. The molecule has 20 heavy (non-hydrogen) atoms. The molecular weight excluding hydrogens is 294 g/mol. The van der Waals surface area contributed by atoms with Gasteiger partial charge in [-0.15, -0.1) is 0 Å². The number of nitrogen functional groups attached to an aromatic ring is 1. The highest BCUT2D eigenvalue weighted by Gasteiger charge is 2.41. The Morgan fingerprint density at radius 3 is 2.55 bits per heavy atom. The van der Waals surface area contributed by atoms with Gasteiger partial charge in [0.05, 0.1) is 11.4 Å². The van der Waals surface area contributed by atoms with E-state index in [-0.39, 0.29) is 10.6 Å². The number of hydrogen-bond donors (Lipinski definition) is 2. The summed E-state index contributed by atoms with van der Waals surface area (Å²) in [4.78, 5) is 0.154. The van der Waals surface area contributed by atoms with Gasteiger partial charge in [-0.25, -0.2) is 12.7 Å². The van der Waals surface area contributed by atoms with E-state index in [1.54, 1.807) is 6.07 Å². The van der Waals surface area contributed by atoms with Crippen LogP contribution in [-0.4, -0.2) is 44.4 Å². The van der Waals surface area contributed by atoms with Gasteiger partial charge in [0.2, 0.25) is 10.0 Å². The van der Waals surface area contributed by atoms with Crippen molar-refractivity contribution in [3.8, 4) is 0 Å². The lowest BCUT2D eigenvalue weighted by atomic mass is 10.2. The Balaban J connectivity index is 2.24. The van der Waals surface area contributed by atoms with Crippen LogP contribution in [0.2, 0.25) is 0 Å². The maximum Gasteiger partial charge on any atom is 0.244 e. The zero-order valence-corrected chi connectivity index (χ0v) is 13.6. The number of hydrogen-bond acceptors (Lipinski definition) is 5. The molecule has 0 aromatic heterocycles. The Bertz CT molecular complexity index is 596.